The molecular weight excluding hydrogens is 286 g/mol. The fourth-order valence-corrected chi connectivity index (χ4v) is 2.87. The van der Waals surface area contributed by atoms with Crippen LogP contribution in [0.25, 0.3) is 11.1 Å². The van der Waals surface area contributed by atoms with Crippen LogP contribution in [0.3, 0.4) is 0 Å². The van der Waals surface area contributed by atoms with Crippen LogP contribution in [-0.2, 0) is 13.0 Å². The smallest absolute Gasteiger partial charge is 0.102 e. The van der Waals surface area contributed by atoms with Gasteiger partial charge in [0.1, 0.15) is 5.69 Å². The van der Waals surface area contributed by atoms with Gasteiger partial charge in [-0.25, -0.2) is 0 Å². The summed E-state index contributed by atoms with van der Waals surface area (Å²) < 4.78 is 2.30. The van der Waals surface area contributed by atoms with Gasteiger partial charge in [-0.2, -0.15) is 20.7 Å². The van der Waals surface area contributed by atoms with Crippen LogP contribution in [0.5, 0.6) is 0 Å². The minimum Gasteiger partial charge on any atom is -0.342 e. The Balaban J connectivity index is 2.02. The number of benzene rings is 1. The van der Waals surface area contributed by atoms with E-state index in [9.17, 15) is 0 Å². The third kappa shape index (κ3) is 3.02. The number of H-pyrrole nitrogens is 1. The summed E-state index contributed by atoms with van der Waals surface area (Å²) in [4.78, 5) is 0. The van der Waals surface area contributed by atoms with Crippen LogP contribution in [0.4, 0.5) is 0 Å². The Bertz CT molecular complexity index is 820. The fourth-order valence-electron chi connectivity index (χ4n) is 2.87. The van der Waals surface area contributed by atoms with Crippen molar-refractivity contribution in [2.45, 2.75) is 33.2 Å². The van der Waals surface area contributed by atoms with Crippen molar-refractivity contribution in [1.29, 1.82) is 5.26 Å². The van der Waals surface area contributed by atoms with E-state index in [1.165, 1.54) is 17.0 Å². The Morgan fingerprint density at radius 1 is 1.26 bits per heavy atom. The molecule has 1 aromatic carbocycles. The Morgan fingerprint density at radius 2 is 2.04 bits per heavy atom. The van der Waals surface area contributed by atoms with E-state index in [0.29, 0.717) is 12.1 Å². The minimum absolute atomic E-state index is 0.683. The quantitative estimate of drug-likeness (QED) is 0.784. The minimum atomic E-state index is 0.683. The van der Waals surface area contributed by atoms with E-state index in [4.69, 9.17) is 5.26 Å². The van der Waals surface area contributed by atoms with Crippen LogP contribution in [0.1, 0.15) is 36.0 Å². The van der Waals surface area contributed by atoms with Crippen LogP contribution in [0.2, 0.25) is 0 Å². The number of nitriles is 1. The van der Waals surface area contributed by atoms with Gasteiger partial charge in [0.25, 0.3) is 0 Å². The van der Waals surface area contributed by atoms with E-state index < -0.39 is 0 Å². The average molecular weight is 305 g/mol. The Labute approximate surface area is 135 Å². The van der Waals surface area contributed by atoms with Crippen molar-refractivity contribution >= 4 is 0 Å². The van der Waals surface area contributed by atoms with Crippen molar-refractivity contribution in [3.05, 3.63) is 59.2 Å². The van der Waals surface area contributed by atoms with Gasteiger partial charge in [0.15, 0.2) is 0 Å². The van der Waals surface area contributed by atoms with Crippen molar-refractivity contribution in [3.63, 3.8) is 0 Å². The van der Waals surface area contributed by atoms with Crippen LogP contribution in [-0.4, -0.2) is 20.0 Å². The predicted octanol–water partition coefficient (Wildman–Crippen LogP) is 3.45. The van der Waals surface area contributed by atoms with Gasteiger partial charge >= 0.3 is 0 Å². The summed E-state index contributed by atoms with van der Waals surface area (Å²) in [6.07, 6.45) is 3.88. The highest BCUT2D eigenvalue weighted by Crippen LogP contribution is 2.28. The summed E-state index contributed by atoms with van der Waals surface area (Å²) in [7, 11) is 0. The lowest BCUT2D eigenvalue weighted by molar-refractivity contribution is 0.691. The lowest BCUT2D eigenvalue weighted by Gasteiger charge is -2.10. The molecule has 0 saturated heterocycles. The molecular formula is C18H19N5. The number of hydrogen-bond acceptors (Lipinski definition) is 3. The zero-order chi connectivity index (χ0) is 16.2. The van der Waals surface area contributed by atoms with Crippen molar-refractivity contribution in [1.82, 2.24) is 20.0 Å². The molecule has 5 nitrogen and oxygen atoms in total. The second-order valence-corrected chi connectivity index (χ2v) is 5.62. The number of aromatic amines is 1. The van der Waals surface area contributed by atoms with Gasteiger partial charge in [0, 0.05) is 17.0 Å². The molecule has 0 saturated carbocycles. The lowest BCUT2D eigenvalue weighted by Crippen LogP contribution is -2.06. The SMILES string of the molecule is CCCc1cc(-c2ccc(C#N)cc2)c(C)n1Cc1cn[nH]n1. The lowest BCUT2D eigenvalue weighted by atomic mass is 10.0. The maximum absolute atomic E-state index is 8.95. The molecule has 5 heteroatoms. The number of hydrogen-bond donors (Lipinski definition) is 1. The second kappa shape index (κ2) is 6.49. The summed E-state index contributed by atoms with van der Waals surface area (Å²) in [5, 5.41) is 19.7. The van der Waals surface area contributed by atoms with Crippen LogP contribution in [0.15, 0.2) is 36.5 Å². The predicted molar refractivity (Wildman–Crippen MR) is 88.8 cm³/mol. The molecule has 2 aromatic heterocycles. The Morgan fingerprint density at radius 3 is 2.65 bits per heavy atom. The first-order chi connectivity index (χ1) is 11.2. The van der Waals surface area contributed by atoms with Crippen molar-refractivity contribution in [2.75, 3.05) is 0 Å². The van der Waals surface area contributed by atoms with E-state index in [1.807, 2.05) is 24.3 Å². The number of nitrogens with zero attached hydrogens (tertiary/aromatic N) is 4. The molecule has 0 unspecified atom stereocenters. The number of nitrogens with one attached hydrogen (secondary N) is 1. The molecule has 0 aliphatic rings. The molecule has 0 atom stereocenters. The normalized spacial score (nSPS) is 10.7. The highest BCUT2D eigenvalue weighted by molar-refractivity contribution is 5.68. The van der Waals surface area contributed by atoms with Gasteiger partial charge in [-0.15, -0.1) is 0 Å². The number of aromatic nitrogens is 4. The van der Waals surface area contributed by atoms with Gasteiger partial charge in [-0.05, 0) is 37.1 Å². The molecule has 3 aromatic rings. The molecule has 1 N–H and O–H groups in total. The summed E-state index contributed by atoms with van der Waals surface area (Å²) >= 11 is 0. The maximum atomic E-state index is 8.95. The van der Waals surface area contributed by atoms with Gasteiger partial charge in [0.2, 0.25) is 0 Å². The Hall–Kier alpha value is -2.87. The third-order valence-corrected chi connectivity index (χ3v) is 4.07. The zero-order valence-corrected chi connectivity index (χ0v) is 13.4. The van der Waals surface area contributed by atoms with Crippen LogP contribution in [0, 0.1) is 18.3 Å². The van der Waals surface area contributed by atoms with E-state index in [2.05, 4.69) is 46.0 Å². The number of rotatable bonds is 5. The first-order valence-corrected chi connectivity index (χ1v) is 7.77. The average Bonchev–Trinajstić information content (AvgIpc) is 3.19. The topological polar surface area (TPSA) is 70.3 Å². The van der Waals surface area contributed by atoms with E-state index in [1.54, 1.807) is 6.20 Å². The largest absolute Gasteiger partial charge is 0.342 e. The van der Waals surface area contributed by atoms with Gasteiger partial charge in [0.05, 0.1) is 24.4 Å². The Kier molecular flexibility index (Phi) is 4.24. The van der Waals surface area contributed by atoms with E-state index in [-0.39, 0.29) is 0 Å². The van der Waals surface area contributed by atoms with Gasteiger partial charge < -0.3 is 4.57 Å². The molecule has 0 spiro atoms. The molecule has 2 heterocycles. The molecule has 116 valence electrons. The van der Waals surface area contributed by atoms with Gasteiger partial charge in [-0.3, -0.25) is 0 Å². The van der Waals surface area contributed by atoms with Crippen LogP contribution < -0.4 is 0 Å². The van der Waals surface area contributed by atoms with Crippen molar-refractivity contribution in [2.24, 2.45) is 0 Å². The summed E-state index contributed by atoms with van der Waals surface area (Å²) in [6, 6.07) is 12.2. The molecule has 23 heavy (non-hydrogen) atoms. The molecule has 0 radical (unpaired) electrons. The maximum Gasteiger partial charge on any atom is 0.102 e. The van der Waals surface area contributed by atoms with Crippen LogP contribution >= 0.6 is 0 Å². The molecule has 3 rings (SSSR count). The number of aryl methyl sites for hydroxylation is 1. The summed E-state index contributed by atoms with van der Waals surface area (Å²) in [5.74, 6) is 0. The molecule has 0 fully saturated rings. The van der Waals surface area contributed by atoms with E-state index in [0.717, 1.165) is 24.1 Å². The second-order valence-electron chi connectivity index (χ2n) is 5.62. The molecule has 0 amide bonds. The fraction of sp³-hybridized carbons (Fsp3) is 0.278. The standard InChI is InChI=1S/C18H19N5/c1-3-4-17-9-18(15-7-5-14(10-19)6-8-15)13(2)23(17)12-16-11-20-22-21-16/h5-9,11H,3-4,12H2,1-2H3,(H,20,21,22). The van der Waals surface area contributed by atoms with E-state index >= 15 is 0 Å². The first-order valence-electron chi connectivity index (χ1n) is 7.77. The van der Waals surface area contributed by atoms with Crippen molar-refractivity contribution < 1.29 is 0 Å². The molecule has 0 aliphatic heterocycles. The third-order valence-electron chi connectivity index (χ3n) is 4.07. The monoisotopic (exact) mass is 305 g/mol. The summed E-state index contributed by atoms with van der Waals surface area (Å²) in [5.41, 5.74) is 6.46. The van der Waals surface area contributed by atoms with Gasteiger partial charge in [-0.1, -0.05) is 25.5 Å². The summed E-state index contributed by atoms with van der Waals surface area (Å²) in [6.45, 7) is 5.03. The zero-order valence-electron chi connectivity index (χ0n) is 13.4. The first kappa shape index (κ1) is 15.0. The van der Waals surface area contributed by atoms with Crippen molar-refractivity contribution in [3.8, 4) is 17.2 Å². The highest BCUT2D eigenvalue weighted by atomic mass is 15.3. The molecule has 0 bridgehead atoms. The molecule has 0 aliphatic carbocycles. The highest BCUT2D eigenvalue weighted by Gasteiger charge is 2.14.